The minimum absolute atomic E-state index is 0.00754. The smallest absolute Gasteiger partial charge is 0.339 e. The first-order valence-corrected chi connectivity index (χ1v) is 32.0. The Balaban J connectivity index is 0.822. The summed E-state index contributed by atoms with van der Waals surface area (Å²) in [5, 5.41) is 12.8. The van der Waals surface area contributed by atoms with Gasteiger partial charge in [-0.15, -0.1) is 0 Å². The Morgan fingerprint density at radius 1 is 0.540 bits per heavy atom. The molecule has 13 rings (SSSR count). The lowest BCUT2D eigenvalue weighted by molar-refractivity contribution is -0.217. The first kappa shape index (κ1) is 59.4. The maximum atomic E-state index is 15.5. The number of rotatable bonds is 11. The molecule has 0 spiro atoms. The van der Waals surface area contributed by atoms with Crippen LogP contribution in [0, 0.1) is 46.3 Å². The molecule has 0 aromatic heterocycles. The van der Waals surface area contributed by atoms with Crippen molar-refractivity contribution in [2.24, 2.45) is 46.3 Å². The standard InChI is InChI=1S/C73H83NO13/c1-45(11-26-63(75)79-4)58-24-25-59-69-60(43-62(73(58,59)3)87-71(78)57-23-19-51-15-13-47-8-6-10-49-17-21-55(57)68(51)66(47)49)72(2)28-27-53(85-70(77)56-22-18-50-14-12-46-7-5-9-48-16-20-54(56)67(50)65(46)48)41-52(72)42-61(69)86-64(76)44-74-29-31-80-33-35-82-37-39-84-40-38-83-36-34-81-32-30-74/h5-10,12-23,45,52-53,58-62,69H,11,24-44H2,1-4H3/t45-,52+,53-,58-,59+,60+,61-,62+,69+,72+,73-/m1/s1. The average molecular weight is 1180 g/mol. The van der Waals surface area contributed by atoms with E-state index in [2.05, 4.69) is 106 Å². The van der Waals surface area contributed by atoms with Crippen LogP contribution in [0.5, 0.6) is 0 Å². The van der Waals surface area contributed by atoms with Gasteiger partial charge in [0.25, 0.3) is 0 Å². The molecular weight excluding hydrogens is 1100 g/mol. The molecule has 4 saturated carbocycles. The lowest BCUT2D eigenvalue weighted by Crippen LogP contribution is -2.63. The predicted molar refractivity (Wildman–Crippen MR) is 336 cm³/mol. The summed E-state index contributed by atoms with van der Waals surface area (Å²) < 4.78 is 55.2. The van der Waals surface area contributed by atoms with Crippen molar-refractivity contribution < 1.29 is 61.8 Å². The van der Waals surface area contributed by atoms with Crippen molar-refractivity contribution in [1.29, 1.82) is 0 Å². The molecule has 0 radical (unpaired) electrons. The average Bonchev–Trinajstić information content (AvgIpc) is 1.70. The zero-order chi connectivity index (χ0) is 59.8. The van der Waals surface area contributed by atoms with Crippen LogP contribution in [0.15, 0.2) is 109 Å². The van der Waals surface area contributed by atoms with Gasteiger partial charge in [0, 0.05) is 30.8 Å². The molecule has 0 unspecified atom stereocenters. The van der Waals surface area contributed by atoms with E-state index in [0.29, 0.717) is 129 Å². The summed E-state index contributed by atoms with van der Waals surface area (Å²) in [5.74, 6) is -1.10. The Labute approximate surface area is 509 Å². The number of fused-ring (bicyclic) bond motifs is 5. The molecule has 5 aliphatic rings. The number of esters is 4. The van der Waals surface area contributed by atoms with E-state index in [1.54, 1.807) is 0 Å². The Morgan fingerprint density at radius 2 is 1.03 bits per heavy atom. The van der Waals surface area contributed by atoms with Crippen LogP contribution in [-0.2, 0) is 52.2 Å². The normalized spacial score (nSPS) is 28.6. The maximum Gasteiger partial charge on any atom is 0.339 e. The van der Waals surface area contributed by atoms with E-state index in [9.17, 15) is 14.4 Å². The van der Waals surface area contributed by atoms with E-state index in [0.717, 1.165) is 83.9 Å². The van der Waals surface area contributed by atoms with Crippen molar-refractivity contribution in [3.8, 4) is 0 Å². The molecule has 1 aliphatic heterocycles. The number of methoxy groups -OCH3 is 1. The summed E-state index contributed by atoms with van der Waals surface area (Å²) in [5.41, 5.74) is 0.271. The Kier molecular flexibility index (Phi) is 17.4. The minimum atomic E-state index is -0.544. The molecule has 0 amide bonds. The van der Waals surface area contributed by atoms with Gasteiger partial charge in [0.05, 0.1) is 90.9 Å². The van der Waals surface area contributed by atoms with Gasteiger partial charge < -0.3 is 42.6 Å². The lowest BCUT2D eigenvalue weighted by atomic mass is 9.43. The number of ether oxygens (including phenoxy) is 9. The highest BCUT2D eigenvalue weighted by Gasteiger charge is 2.68. The Bertz CT molecular complexity index is 3720. The van der Waals surface area contributed by atoms with Crippen molar-refractivity contribution in [2.75, 3.05) is 92.8 Å². The molecule has 458 valence electrons. The van der Waals surface area contributed by atoms with Crippen molar-refractivity contribution in [3.63, 3.8) is 0 Å². The molecule has 8 aromatic rings. The largest absolute Gasteiger partial charge is 0.469 e. The fourth-order valence-electron chi connectivity index (χ4n) is 17.4. The highest BCUT2D eigenvalue weighted by Crippen LogP contribution is 2.69. The molecule has 14 heteroatoms. The van der Waals surface area contributed by atoms with E-state index < -0.39 is 17.6 Å². The highest BCUT2D eigenvalue weighted by molar-refractivity contribution is 6.27. The van der Waals surface area contributed by atoms with E-state index in [1.165, 1.54) is 7.11 Å². The molecule has 0 bridgehead atoms. The molecule has 1 heterocycles. The van der Waals surface area contributed by atoms with Gasteiger partial charge in [-0.3, -0.25) is 14.5 Å². The van der Waals surface area contributed by atoms with Crippen LogP contribution in [0.25, 0.3) is 64.6 Å². The van der Waals surface area contributed by atoms with Gasteiger partial charge in [-0.05, 0) is 163 Å². The highest BCUT2D eigenvalue weighted by atomic mass is 16.6. The van der Waals surface area contributed by atoms with Crippen LogP contribution in [0.1, 0.15) is 99.3 Å². The van der Waals surface area contributed by atoms with Crippen molar-refractivity contribution >= 4 is 88.5 Å². The summed E-state index contributed by atoms with van der Waals surface area (Å²) in [7, 11) is 1.44. The molecule has 11 atom stereocenters. The van der Waals surface area contributed by atoms with Crippen LogP contribution in [-0.4, -0.2) is 140 Å². The summed E-state index contributed by atoms with van der Waals surface area (Å²) in [4.78, 5) is 60.0. The van der Waals surface area contributed by atoms with Gasteiger partial charge in [-0.2, -0.15) is 0 Å². The second-order valence-corrected chi connectivity index (χ2v) is 26.1. The fraction of sp³-hybridized carbons (Fsp3) is 0.507. The zero-order valence-electron chi connectivity index (χ0n) is 50.9. The second kappa shape index (κ2) is 25.5. The van der Waals surface area contributed by atoms with E-state index in [-0.39, 0.29) is 77.4 Å². The topological polar surface area (TPSA) is 155 Å². The van der Waals surface area contributed by atoms with Crippen molar-refractivity contribution in [3.05, 3.63) is 120 Å². The minimum Gasteiger partial charge on any atom is -0.469 e. The monoisotopic (exact) mass is 1180 g/mol. The van der Waals surface area contributed by atoms with Crippen LogP contribution in [0.4, 0.5) is 0 Å². The number of carbonyl (C=O) groups excluding carboxylic acids is 4. The first-order valence-electron chi connectivity index (χ1n) is 32.0. The molecule has 87 heavy (non-hydrogen) atoms. The molecule has 14 nitrogen and oxygen atoms in total. The lowest BCUT2D eigenvalue weighted by Gasteiger charge is -2.64. The van der Waals surface area contributed by atoms with E-state index in [1.807, 2.05) is 29.2 Å². The van der Waals surface area contributed by atoms with Gasteiger partial charge >= 0.3 is 23.9 Å². The third kappa shape index (κ3) is 11.5. The molecule has 5 fully saturated rings. The molecule has 4 aliphatic carbocycles. The summed E-state index contributed by atoms with van der Waals surface area (Å²) in [6, 6.07) is 37.4. The fourth-order valence-corrected chi connectivity index (χ4v) is 17.4. The van der Waals surface area contributed by atoms with E-state index >= 15 is 4.79 Å². The summed E-state index contributed by atoms with van der Waals surface area (Å²) in [6.07, 6.45) is 4.56. The quantitative estimate of drug-likeness (QED) is 0.0685. The summed E-state index contributed by atoms with van der Waals surface area (Å²) >= 11 is 0. The second-order valence-electron chi connectivity index (χ2n) is 26.1. The zero-order valence-corrected chi connectivity index (χ0v) is 50.9. The molecule has 0 N–H and O–H groups in total. The van der Waals surface area contributed by atoms with Gasteiger partial charge in [0.1, 0.15) is 18.3 Å². The van der Waals surface area contributed by atoms with Gasteiger partial charge in [0.15, 0.2) is 0 Å². The number of nitrogens with zero attached hydrogens (tertiary/aromatic N) is 1. The van der Waals surface area contributed by atoms with Crippen LogP contribution in [0.3, 0.4) is 0 Å². The van der Waals surface area contributed by atoms with Crippen LogP contribution < -0.4 is 0 Å². The van der Waals surface area contributed by atoms with Crippen LogP contribution >= 0.6 is 0 Å². The Morgan fingerprint density at radius 3 is 1.57 bits per heavy atom. The Hall–Kier alpha value is -6.52. The number of hydrogen-bond donors (Lipinski definition) is 0. The number of benzene rings is 8. The molecule has 8 aromatic carbocycles. The van der Waals surface area contributed by atoms with E-state index in [4.69, 9.17) is 42.6 Å². The molecular formula is C73H83NO13. The number of carbonyl (C=O) groups is 4. The third-order valence-corrected chi connectivity index (χ3v) is 21.7. The predicted octanol–water partition coefficient (Wildman–Crippen LogP) is 13.0. The van der Waals surface area contributed by atoms with Crippen molar-refractivity contribution in [1.82, 2.24) is 4.90 Å². The first-order chi connectivity index (χ1) is 42.4. The third-order valence-electron chi connectivity index (χ3n) is 21.7. The van der Waals surface area contributed by atoms with Crippen LogP contribution in [0.2, 0.25) is 0 Å². The molecule has 1 saturated heterocycles. The van der Waals surface area contributed by atoms with Gasteiger partial charge in [-0.1, -0.05) is 118 Å². The SMILES string of the molecule is COC(=O)CC[C@@H](C)[C@H]1CC[C@H]2[C@@H]3[C@H](OC(=O)CN4CCOCCOCCOCCOCCOCC4)C[C@@H]4C[C@H](OC(=O)c5ccc6ccc7cccc8ccc5c6c78)CC[C@]4(C)[C@H]3C[C@H](OC(=O)c3ccc4ccc5cccc6ccc3c4c56)[C@]12C. The van der Waals surface area contributed by atoms with Crippen molar-refractivity contribution in [2.45, 2.75) is 96.9 Å². The van der Waals surface area contributed by atoms with Gasteiger partial charge in [-0.25, -0.2) is 9.59 Å². The maximum absolute atomic E-state index is 15.5. The van der Waals surface area contributed by atoms with Gasteiger partial charge in [0.2, 0.25) is 0 Å². The number of hydrogen-bond acceptors (Lipinski definition) is 14. The summed E-state index contributed by atoms with van der Waals surface area (Å²) in [6.45, 7) is 12.4.